The Bertz CT molecular complexity index is 2060. The van der Waals surface area contributed by atoms with Gasteiger partial charge in [-0.3, -0.25) is 0 Å². The second-order valence-electron chi connectivity index (χ2n) is 12.1. The fourth-order valence-corrected chi connectivity index (χ4v) is 8.67. The molecule has 45 heavy (non-hydrogen) atoms. The van der Waals surface area contributed by atoms with Gasteiger partial charge in [0.2, 0.25) is 0 Å². The van der Waals surface area contributed by atoms with E-state index in [2.05, 4.69) is 106 Å². The van der Waals surface area contributed by atoms with E-state index < -0.39 is 19.2 Å². The minimum Gasteiger partial charge on any atom is 0 e. The van der Waals surface area contributed by atoms with Gasteiger partial charge in [-0.25, -0.2) is 0 Å². The molecular formula is C40H36GeIrN2S-2. The summed E-state index contributed by atoms with van der Waals surface area (Å²) in [6.07, 6.45) is 3.84. The molecule has 1 radical (unpaired) electrons. The molecule has 7 rings (SSSR count). The van der Waals surface area contributed by atoms with Crippen molar-refractivity contribution in [1.82, 2.24) is 9.97 Å². The van der Waals surface area contributed by atoms with Crippen LogP contribution in [0.15, 0.2) is 122 Å². The van der Waals surface area contributed by atoms with Gasteiger partial charge in [0.15, 0.2) is 0 Å². The summed E-state index contributed by atoms with van der Waals surface area (Å²) in [7, 11) is 0. The summed E-state index contributed by atoms with van der Waals surface area (Å²) in [6, 6.07) is 44.1. The summed E-state index contributed by atoms with van der Waals surface area (Å²) in [4.78, 5) is 9.15. The van der Waals surface area contributed by atoms with E-state index in [0.717, 1.165) is 28.1 Å². The minimum absolute atomic E-state index is 0. The Hall–Kier alpha value is -3.41. The van der Waals surface area contributed by atoms with Crippen molar-refractivity contribution in [3.63, 3.8) is 0 Å². The molecule has 0 fully saturated rings. The number of hydrogen-bond donors (Lipinski definition) is 0. The van der Waals surface area contributed by atoms with E-state index >= 15 is 0 Å². The van der Waals surface area contributed by atoms with Crippen LogP contribution >= 0.6 is 11.3 Å². The molecule has 227 valence electrons. The summed E-state index contributed by atoms with van der Waals surface area (Å²) in [5.74, 6) is 6.48. The smallest absolute Gasteiger partial charge is 0 e. The third-order valence-corrected chi connectivity index (χ3v) is 13.2. The molecule has 0 amide bonds. The molecule has 0 aliphatic rings. The average molecular weight is 843 g/mol. The third-order valence-electron chi connectivity index (χ3n) is 7.75. The van der Waals surface area contributed by atoms with Gasteiger partial charge in [0.25, 0.3) is 0 Å². The summed E-state index contributed by atoms with van der Waals surface area (Å²) < 4.78 is 12.3. The molecule has 0 spiro atoms. The summed E-state index contributed by atoms with van der Waals surface area (Å²) >= 11 is 0.0713. The van der Waals surface area contributed by atoms with E-state index in [-0.39, 0.29) is 20.1 Å². The van der Waals surface area contributed by atoms with Crippen LogP contribution in [0.2, 0.25) is 17.3 Å². The van der Waals surface area contributed by atoms with E-state index in [1.54, 1.807) is 17.5 Å². The van der Waals surface area contributed by atoms with E-state index in [1.165, 1.54) is 35.7 Å². The van der Waals surface area contributed by atoms with Crippen molar-refractivity contribution in [3.8, 4) is 33.6 Å². The minimum atomic E-state index is -1.72. The zero-order valence-corrected chi connectivity index (χ0v) is 31.5. The number of aromatic nitrogens is 2. The Balaban J connectivity index is 0.000000209. The van der Waals surface area contributed by atoms with Crippen LogP contribution in [0.3, 0.4) is 0 Å². The zero-order chi connectivity index (χ0) is 31.6. The molecule has 0 N–H and O–H groups in total. The van der Waals surface area contributed by atoms with Crippen molar-refractivity contribution >= 4 is 49.2 Å². The van der Waals surface area contributed by atoms with E-state index in [1.807, 2.05) is 62.5 Å². The normalized spacial score (nSPS) is 11.8. The van der Waals surface area contributed by atoms with Gasteiger partial charge in [-0.15, -0.1) is 23.8 Å². The molecular weight excluding hydrogens is 805 g/mol. The van der Waals surface area contributed by atoms with Gasteiger partial charge in [0, 0.05) is 32.4 Å². The predicted octanol–water partition coefficient (Wildman–Crippen LogP) is 10.8. The molecule has 7 aromatic rings. The van der Waals surface area contributed by atoms with Crippen LogP contribution in [-0.2, 0) is 20.1 Å². The van der Waals surface area contributed by atoms with Crippen molar-refractivity contribution < 1.29 is 21.5 Å². The van der Waals surface area contributed by atoms with Gasteiger partial charge in [-0.2, -0.15) is 11.3 Å². The van der Waals surface area contributed by atoms with Gasteiger partial charge in [0.05, 0.1) is 0 Å². The van der Waals surface area contributed by atoms with Crippen molar-refractivity contribution in [2.75, 3.05) is 0 Å². The Morgan fingerprint density at radius 2 is 1.58 bits per heavy atom. The largest absolute Gasteiger partial charge is 0 e. The summed E-state index contributed by atoms with van der Waals surface area (Å²) in [5.41, 5.74) is 7.39. The van der Waals surface area contributed by atoms with Crippen LogP contribution in [0.25, 0.3) is 53.8 Å². The monoisotopic (exact) mass is 844 g/mol. The second kappa shape index (κ2) is 14.3. The third kappa shape index (κ3) is 7.37. The summed E-state index contributed by atoms with van der Waals surface area (Å²) in [5, 5.41) is 2.52. The Kier molecular flexibility index (Phi) is 10.1. The molecule has 0 bridgehead atoms. The van der Waals surface area contributed by atoms with Crippen LogP contribution in [0.1, 0.15) is 26.7 Å². The van der Waals surface area contributed by atoms with Crippen LogP contribution in [0.4, 0.5) is 0 Å². The van der Waals surface area contributed by atoms with Crippen molar-refractivity contribution in [2.45, 2.75) is 37.0 Å². The van der Waals surface area contributed by atoms with Crippen molar-refractivity contribution in [1.29, 1.82) is 0 Å². The maximum atomic E-state index is 8.37. The number of pyridine rings is 2. The zero-order valence-electron chi connectivity index (χ0n) is 27.2. The van der Waals surface area contributed by atoms with Crippen molar-refractivity contribution in [3.05, 3.63) is 139 Å². The van der Waals surface area contributed by atoms with E-state index in [4.69, 9.17) is 1.37 Å². The van der Waals surface area contributed by atoms with Crippen LogP contribution in [0, 0.1) is 12.1 Å². The first-order valence-corrected chi connectivity index (χ1v) is 23.1. The Labute approximate surface area is 288 Å². The molecule has 0 saturated heterocycles. The SMILES string of the molecule is [2H]C(C)(C)c1ccnc(-c2[c-]ccc3c2sc2cccc(-c4ccccc4)c23)c1.[CH3][Ge]([CH3])([CH3])[c]1ccc(-c2[c-]cccc2)nc1.[Ir]. The fourth-order valence-electron chi connectivity index (χ4n) is 5.27. The number of hydrogen-bond acceptors (Lipinski definition) is 3. The molecule has 0 saturated carbocycles. The molecule has 4 aromatic carbocycles. The van der Waals surface area contributed by atoms with Crippen LogP contribution < -0.4 is 4.40 Å². The van der Waals surface area contributed by atoms with Crippen LogP contribution in [0.5, 0.6) is 0 Å². The van der Waals surface area contributed by atoms with Gasteiger partial charge in [-0.1, -0.05) is 73.3 Å². The quantitative estimate of drug-likeness (QED) is 0.127. The van der Waals surface area contributed by atoms with Crippen LogP contribution in [-0.4, -0.2) is 23.2 Å². The molecule has 3 aromatic heterocycles. The maximum absolute atomic E-state index is 8.37. The number of thiophene rings is 1. The molecule has 0 atom stereocenters. The standard InChI is InChI=1S/C26H20NS.C14H16GeN.Ir/c1-17(2)19-14-15-27-23(16-19)21-11-6-12-22-25-20(18-8-4-3-5-9-18)10-7-13-24(25)28-26(21)22;1-15(2,3)13-9-10-14(16-11-13)12-7-5-4-6-8-12;/h3-10,12-17H,1-2H3;4-7,9-11H,1-3H3;/q2*-1;/i17D;;. The predicted molar refractivity (Wildman–Crippen MR) is 192 cm³/mol. The fraction of sp³-hybridized carbons (Fsp3) is 0.150. The number of fused-ring (bicyclic) bond motifs is 3. The number of benzene rings is 4. The molecule has 0 aliphatic carbocycles. The molecule has 2 nitrogen and oxygen atoms in total. The van der Waals surface area contributed by atoms with Gasteiger partial charge in [0.1, 0.15) is 0 Å². The van der Waals surface area contributed by atoms with Gasteiger partial charge in [-0.05, 0) is 44.9 Å². The molecule has 0 aliphatic heterocycles. The van der Waals surface area contributed by atoms with Gasteiger partial charge < -0.3 is 4.98 Å². The van der Waals surface area contributed by atoms with E-state index in [0.29, 0.717) is 0 Å². The first-order chi connectivity index (χ1) is 21.6. The Morgan fingerprint density at radius 1 is 0.778 bits per heavy atom. The first-order valence-electron chi connectivity index (χ1n) is 15.4. The summed E-state index contributed by atoms with van der Waals surface area (Å²) in [6.45, 7) is 3.81. The van der Waals surface area contributed by atoms with Gasteiger partial charge >= 0.3 is 99.8 Å². The first kappa shape index (κ1) is 31.6. The van der Waals surface area contributed by atoms with Crippen molar-refractivity contribution in [2.24, 2.45) is 0 Å². The number of rotatable bonds is 5. The molecule has 5 heteroatoms. The Morgan fingerprint density at radius 3 is 2.27 bits per heavy atom. The topological polar surface area (TPSA) is 25.8 Å². The average Bonchev–Trinajstić information content (AvgIpc) is 3.44. The maximum Gasteiger partial charge on any atom is 0 e. The number of nitrogens with zero attached hydrogens (tertiary/aromatic N) is 2. The van der Waals surface area contributed by atoms with E-state index in [9.17, 15) is 0 Å². The second-order valence-corrected chi connectivity index (χ2v) is 23.8. The molecule has 3 heterocycles. The molecule has 0 unspecified atom stereocenters.